The van der Waals surface area contributed by atoms with E-state index in [2.05, 4.69) is 25.9 Å². The summed E-state index contributed by atoms with van der Waals surface area (Å²) in [4.78, 5) is 37.5. The molecule has 0 bridgehead atoms. The number of hydrogen-bond acceptors (Lipinski definition) is 6. The van der Waals surface area contributed by atoms with Crippen LogP contribution in [0.1, 0.15) is 16.8 Å². The highest BCUT2D eigenvalue weighted by Gasteiger charge is 2.16. The average molecular weight is 358 g/mol. The van der Waals surface area contributed by atoms with E-state index < -0.39 is 6.03 Å². The van der Waals surface area contributed by atoms with E-state index in [-0.39, 0.29) is 5.91 Å². The lowest BCUT2D eigenvalue weighted by atomic mass is 10.2. The Morgan fingerprint density at radius 2 is 2.08 bits per heavy atom. The first-order valence-corrected chi connectivity index (χ1v) is 8.08. The predicted molar refractivity (Wildman–Crippen MR) is 97.7 cm³/mol. The van der Waals surface area contributed by atoms with E-state index in [9.17, 15) is 9.59 Å². The molecule has 2 aromatic rings. The Morgan fingerprint density at radius 3 is 2.77 bits per heavy atom. The Labute approximate surface area is 151 Å². The fraction of sp³-hybridized carbons (Fsp3) is 0.294. The predicted octanol–water partition coefficient (Wildman–Crippen LogP) is 1.73. The van der Waals surface area contributed by atoms with E-state index in [0.717, 1.165) is 13.0 Å². The molecule has 1 aromatic heterocycles. The maximum atomic E-state index is 12.5. The molecule has 1 aromatic carbocycles. The Balaban J connectivity index is 1.99. The molecule has 1 heterocycles. The van der Waals surface area contributed by atoms with Gasteiger partial charge in [0.25, 0.3) is 5.91 Å². The highest BCUT2D eigenvalue weighted by atomic mass is 16.7. The van der Waals surface area contributed by atoms with Crippen LogP contribution in [0.3, 0.4) is 0 Å². The third-order valence-corrected chi connectivity index (χ3v) is 3.41. The van der Waals surface area contributed by atoms with Crippen LogP contribution in [0.4, 0.5) is 16.3 Å². The molecule has 0 saturated carbocycles. The SMILES string of the molecule is CNCCCN(OC)C(=O)c1cccc(NC(=O)Nc2cnccn2)c1. The second-order valence-electron chi connectivity index (χ2n) is 5.30. The summed E-state index contributed by atoms with van der Waals surface area (Å²) < 4.78 is 0. The molecule has 0 spiro atoms. The minimum atomic E-state index is -0.479. The second-order valence-corrected chi connectivity index (χ2v) is 5.30. The van der Waals surface area contributed by atoms with Crippen molar-refractivity contribution in [2.45, 2.75) is 6.42 Å². The molecular formula is C17H22N6O3. The largest absolute Gasteiger partial charge is 0.324 e. The van der Waals surface area contributed by atoms with Gasteiger partial charge in [0.05, 0.1) is 19.9 Å². The van der Waals surface area contributed by atoms with Gasteiger partial charge in [-0.25, -0.2) is 14.8 Å². The quantitative estimate of drug-likeness (QED) is 0.490. The summed E-state index contributed by atoms with van der Waals surface area (Å²) in [6.45, 7) is 1.23. The van der Waals surface area contributed by atoms with Gasteiger partial charge in [0.2, 0.25) is 0 Å². The Bertz CT molecular complexity index is 725. The monoisotopic (exact) mass is 358 g/mol. The summed E-state index contributed by atoms with van der Waals surface area (Å²) >= 11 is 0. The molecule has 3 N–H and O–H groups in total. The van der Waals surface area contributed by atoms with Gasteiger partial charge >= 0.3 is 6.03 Å². The van der Waals surface area contributed by atoms with Crippen molar-refractivity contribution in [2.75, 3.05) is 37.9 Å². The van der Waals surface area contributed by atoms with E-state index >= 15 is 0 Å². The number of nitrogens with one attached hydrogen (secondary N) is 3. The third-order valence-electron chi connectivity index (χ3n) is 3.41. The first-order chi connectivity index (χ1) is 12.6. The third kappa shape index (κ3) is 5.80. The number of anilines is 2. The number of carbonyl (C=O) groups is 2. The van der Waals surface area contributed by atoms with E-state index in [4.69, 9.17) is 4.84 Å². The molecule has 0 aliphatic heterocycles. The number of carbonyl (C=O) groups excluding carboxylic acids is 2. The zero-order valence-corrected chi connectivity index (χ0v) is 14.7. The number of rotatable bonds is 8. The van der Waals surface area contributed by atoms with Crippen LogP contribution in [0.5, 0.6) is 0 Å². The van der Waals surface area contributed by atoms with E-state index in [0.29, 0.717) is 23.6 Å². The minimum absolute atomic E-state index is 0.276. The zero-order valence-electron chi connectivity index (χ0n) is 14.7. The molecule has 0 atom stereocenters. The van der Waals surface area contributed by atoms with Crippen LogP contribution in [0.25, 0.3) is 0 Å². The van der Waals surface area contributed by atoms with Crippen molar-refractivity contribution >= 4 is 23.4 Å². The fourth-order valence-corrected chi connectivity index (χ4v) is 2.19. The van der Waals surface area contributed by atoms with Crippen molar-refractivity contribution in [3.63, 3.8) is 0 Å². The van der Waals surface area contributed by atoms with Crippen LogP contribution in [0, 0.1) is 0 Å². The topological polar surface area (TPSA) is 108 Å². The Hall–Kier alpha value is -3.04. The zero-order chi connectivity index (χ0) is 18.8. The summed E-state index contributed by atoms with van der Waals surface area (Å²) in [6.07, 6.45) is 5.17. The molecule has 0 aliphatic rings. The molecular weight excluding hydrogens is 336 g/mol. The minimum Gasteiger partial charge on any atom is -0.320 e. The molecule has 26 heavy (non-hydrogen) atoms. The van der Waals surface area contributed by atoms with Crippen molar-refractivity contribution in [2.24, 2.45) is 0 Å². The lowest BCUT2D eigenvalue weighted by molar-refractivity contribution is -0.0952. The van der Waals surface area contributed by atoms with E-state index in [1.807, 2.05) is 7.05 Å². The lowest BCUT2D eigenvalue weighted by Crippen LogP contribution is -2.32. The van der Waals surface area contributed by atoms with Crippen molar-refractivity contribution < 1.29 is 14.4 Å². The summed E-state index contributed by atoms with van der Waals surface area (Å²) in [7, 11) is 3.30. The molecule has 0 aliphatic carbocycles. The van der Waals surface area contributed by atoms with Crippen LogP contribution >= 0.6 is 0 Å². The number of hydrogen-bond donors (Lipinski definition) is 3. The summed E-state index contributed by atoms with van der Waals surface area (Å²) in [6, 6.07) is 6.14. The normalized spacial score (nSPS) is 10.2. The second kappa shape index (κ2) is 10.1. The van der Waals surface area contributed by atoms with Crippen LogP contribution in [-0.2, 0) is 4.84 Å². The van der Waals surface area contributed by atoms with Crippen molar-refractivity contribution in [3.8, 4) is 0 Å². The summed E-state index contributed by atoms with van der Waals surface area (Å²) in [5.41, 5.74) is 0.886. The maximum absolute atomic E-state index is 12.5. The van der Waals surface area contributed by atoms with Gasteiger partial charge in [-0.1, -0.05) is 6.07 Å². The van der Waals surface area contributed by atoms with Gasteiger partial charge < -0.3 is 10.6 Å². The molecule has 9 heteroatoms. The molecule has 0 saturated heterocycles. The number of amides is 3. The number of hydroxylamine groups is 2. The Morgan fingerprint density at radius 1 is 1.23 bits per heavy atom. The van der Waals surface area contributed by atoms with Gasteiger partial charge in [0.1, 0.15) is 0 Å². The molecule has 0 radical (unpaired) electrons. The number of urea groups is 1. The summed E-state index contributed by atoms with van der Waals surface area (Å²) in [5, 5.41) is 9.52. The van der Waals surface area contributed by atoms with Gasteiger partial charge in [0, 0.05) is 23.6 Å². The first kappa shape index (κ1) is 19.3. The number of nitrogens with zero attached hydrogens (tertiary/aromatic N) is 3. The smallest absolute Gasteiger partial charge is 0.320 e. The van der Waals surface area contributed by atoms with Crippen LogP contribution in [0.15, 0.2) is 42.9 Å². The van der Waals surface area contributed by atoms with Gasteiger partial charge in [-0.3, -0.25) is 19.9 Å². The average Bonchev–Trinajstić information content (AvgIpc) is 2.66. The number of benzene rings is 1. The van der Waals surface area contributed by atoms with Crippen LogP contribution in [0.2, 0.25) is 0 Å². The van der Waals surface area contributed by atoms with E-state index in [1.54, 1.807) is 24.3 Å². The van der Waals surface area contributed by atoms with Gasteiger partial charge in [-0.15, -0.1) is 0 Å². The van der Waals surface area contributed by atoms with Crippen LogP contribution < -0.4 is 16.0 Å². The molecule has 0 fully saturated rings. The fourth-order valence-electron chi connectivity index (χ4n) is 2.19. The highest BCUT2D eigenvalue weighted by Crippen LogP contribution is 2.14. The van der Waals surface area contributed by atoms with Gasteiger partial charge in [-0.05, 0) is 38.2 Å². The first-order valence-electron chi connectivity index (χ1n) is 8.08. The van der Waals surface area contributed by atoms with Gasteiger partial charge in [0.15, 0.2) is 5.82 Å². The molecule has 3 amide bonds. The molecule has 9 nitrogen and oxygen atoms in total. The lowest BCUT2D eigenvalue weighted by Gasteiger charge is -2.20. The van der Waals surface area contributed by atoms with E-state index in [1.165, 1.54) is 30.8 Å². The Kier molecular flexibility index (Phi) is 7.47. The van der Waals surface area contributed by atoms with Crippen molar-refractivity contribution in [3.05, 3.63) is 48.4 Å². The molecule has 0 unspecified atom stereocenters. The summed E-state index contributed by atoms with van der Waals surface area (Å²) in [5.74, 6) is 0.0499. The number of aromatic nitrogens is 2. The highest BCUT2D eigenvalue weighted by molar-refractivity contribution is 6.00. The van der Waals surface area contributed by atoms with Crippen molar-refractivity contribution in [1.29, 1.82) is 0 Å². The molecule has 2 rings (SSSR count). The molecule has 138 valence electrons. The van der Waals surface area contributed by atoms with Crippen molar-refractivity contribution in [1.82, 2.24) is 20.3 Å². The van der Waals surface area contributed by atoms with Crippen LogP contribution in [-0.4, -0.2) is 54.2 Å². The standard InChI is InChI=1S/C17H22N6O3/c1-18-7-4-10-23(26-2)16(24)13-5-3-6-14(11-13)21-17(25)22-15-12-19-8-9-20-15/h3,5-6,8-9,11-12,18H,4,7,10H2,1-2H3,(H2,20,21,22,25). The maximum Gasteiger partial charge on any atom is 0.324 e. The van der Waals surface area contributed by atoms with Gasteiger partial charge in [-0.2, -0.15) is 0 Å².